The molecule has 102 valence electrons. The number of hydrogen-bond acceptors (Lipinski definition) is 3. The molecule has 3 unspecified atom stereocenters. The van der Waals surface area contributed by atoms with Crippen LogP contribution in [-0.4, -0.2) is 55.6 Å². The number of nitrogens with zero attached hydrogens (tertiary/aromatic N) is 2. The molecule has 0 aliphatic carbocycles. The second kappa shape index (κ2) is 7.34. The molecular weight excluding hydrogens is 210 g/mol. The summed E-state index contributed by atoms with van der Waals surface area (Å²) in [5, 5.41) is 0. The zero-order valence-corrected chi connectivity index (χ0v) is 12.2. The van der Waals surface area contributed by atoms with Gasteiger partial charge in [-0.05, 0) is 45.8 Å². The van der Waals surface area contributed by atoms with E-state index in [1.807, 2.05) is 0 Å². The Hall–Kier alpha value is -0.120. The van der Waals surface area contributed by atoms with Crippen LogP contribution < -0.4 is 5.73 Å². The fourth-order valence-corrected chi connectivity index (χ4v) is 3.25. The lowest BCUT2D eigenvalue weighted by atomic mass is 9.95. The molecule has 3 nitrogen and oxygen atoms in total. The highest BCUT2D eigenvalue weighted by Gasteiger charge is 2.32. The van der Waals surface area contributed by atoms with Crippen molar-refractivity contribution in [2.24, 2.45) is 11.7 Å². The van der Waals surface area contributed by atoms with Crippen molar-refractivity contribution in [2.75, 3.05) is 33.7 Å². The maximum absolute atomic E-state index is 6.02. The van der Waals surface area contributed by atoms with E-state index >= 15 is 0 Å². The third-order valence-corrected chi connectivity index (χ3v) is 4.07. The van der Waals surface area contributed by atoms with Crippen LogP contribution in [0, 0.1) is 5.92 Å². The zero-order valence-electron chi connectivity index (χ0n) is 12.2. The molecule has 2 N–H and O–H groups in total. The van der Waals surface area contributed by atoms with Gasteiger partial charge < -0.3 is 10.6 Å². The monoisotopic (exact) mass is 241 g/mol. The summed E-state index contributed by atoms with van der Waals surface area (Å²) in [7, 11) is 4.34. The van der Waals surface area contributed by atoms with Crippen LogP contribution in [0.5, 0.6) is 0 Å². The van der Waals surface area contributed by atoms with Gasteiger partial charge in [0.1, 0.15) is 0 Å². The molecular formula is C14H31N3. The minimum Gasteiger partial charge on any atom is -0.329 e. The number of likely N-dealkylation sites (tertiary alicyclic amines) is 1. The molecule has 0 saturated carbocycles. The highest BCUT2D eigenvalue weighted by atomic mass is 15.2. The lowest BCUT2D eigenvalue weighted by Crippen LogP contribution is -2.49. The predicted octanol–water partition coefficient (Wildman–Crippen LogP) is 1.78. The number of hydrogen-bond donors (Lipinski definition) is 1. The average molecular weight is 241 g/mol. The summed E-state index contributed by atoms with van der Waals surface area (Å²) in [6.07, 6.45) is 5.25. The lowest BCUT2D eigenvalue weighted by molar-refractivity contribution is 0.116. The average Bonchev–Trinajstić information content (AvgIpc) is 2.67. The zero-order chi connectivity index (χ0) is 12.8. The number of likely N-dealkylation sites (N-methyl/N-ethyl adjacent to an activating group) is 1. The molecule has 0 aromatic heterocycles. The number of nitrogens with two attached hydrogens (primary N) is 1. The van der Waals surface area contributed by atoms with E-state index in [4.69, 9.17) is 5.73 Å². The van der Waals surface area contributed by atoms with Gasteiger partial charge in [0.05, 0.1) is 0 Å². The van der Waals surface area contributed by atoms with Crippen molar-refractivity contribution in [3.63, 3.8) is 0 Å². The SMILES string of the molecule is CCCC(C)C(CN)N1CCCC1CN(C)C. The molecule has 0 radical (unpaired) electrons. The maximum Gasteiger partial charge on any atom is 0.0247 e. The molecule has 0 aromatic carbocycles. The summed E-state index contributed by atoms with van der Waals surface area (Å²) < 4.78 is 0. The quantitative estimate of drug-likeness (QED) is 0.737. The highest BCUT2D eigenvalue weighted by molar-refractivity contribution is 4.88. The molecule has 1 rings (SSSR count). The van der Waals surface area contributed by atoms with Gasteiger partial charge >= 0.3 is 0 Å². The molecule has 1 aliphatic heterocycles. The fourth-order valence-electron chi connectivity index (χ4n) is 3.25. The van der Waals surface area contributed by atoms with Gasteiger partial charge in [0.15, 0.2) is 0 Å². The first-order valence-corrected chi connectivity index (χ1v) is 7.20. The molecule has 1 aliphatic rings. The predicted molar refractivity (Wildman–Crippen MR) is 75.2 cm³/mol. The van der Waals surface area contributed by atoms with Crippen molar-refractivity contribution in [3.05, 3.63) is 0 Å². The van der Waals surface area contributed by atoms with Crippen LogP contribution in [0.15, 0.2) is 0 Å². The van der Waals surface area contributed by atoms with Crippen LogP contribution in [0.3, 0.4) is 0 Å². The maximum atomic E-state index is 6.02. The Morgan fingerprint density at radius 3 is 2.65 bits per heavy atom. The van der Waals surface area contributed by atoms with E-state index in [1.165, 1.54) is 38.8 Å². The van der Waals surface area contributed by atoms with Crippen molar-refractivity contribution >= 4 is 0 Å². The van der Waals surface area contributed by atoms with E-state index in [-0.39, 0.29) is 0 Å². The summed E-state index contributed by atoms with van der Waals surface area (Å²) >= 11 is 0. The molecule has 0 aromatic rings. The molecule has 3 heteroatoms. The molecule has 0 spiro atoms. The van der Waals surface area contributed by atoms with E-state index in [1.54, 1.807) is 0 Å². The smallest absolute Gasteiger partial charge is 0.0247 e. The summed E-state index contributed by atoms with van der Waals surface area (Å²) in [5.41, 5.74) is 6.02. The van der Waals surface area contributed by atoms with Gasteiger partial charge in [-0.25, -0.2) is 0 Å². The van der Waals surface area contributed by atoms with Crippen LogP contribution in [0.25, 0.3) is 0 Å². The van der Waals surface area contributed by atoms with Crippen LogP contribution in [0.1, 0.15) is 39.5 Å². The Morgan fingerprint density at radius 2 is 2.12 bits per heavy atom. The summed E-state index contributed by atoms with van der Waals surface area (Å²) in [5.74, 6) is 0.729. The van der Waals surface area contributed by atoms with Gasteiger partial charge in [0.25, 0.3) is 0 Å². The van der Waals surface area contributed by atoms with E-state index in [9.17, 15) is 0 Å². The molecule has 1 heterocycles. The summed E-state index contributed by atoms with van der Waals surface area (Å²) in [4.78, 5) is 4.99. The van der Waals surface area contributed by atoms with Gasteiger partial charge in [-0.1, -0.05) is 20.3 Å². The molecule has 17 heavy (non-hydrogen) atoms. The van der Waals surface area contributed by atoms with E-state index in [2.05, 4.69) is 37.7 Å². The number of rotatable bonds is 7. The Bertz CT molecular complexity index is 206. The van der Waals surface area contributed by atoms with E-state index in [0.717, 1.165) is 18.5 Å². The first-order valence-electron chi connectivity index (χ1n) is 7.20. The lowest BCUT2D eigenvalue weighted by Gasteiger charge is -2.37. The molecule has 3 atom stereocenters. The Morgan fingerprint density at radius 1 is 1.41 bits per heavy atom. The van der Waals surface area contributed by atoms with Crippen molar-refractivity contribution in [1.82, 2.24) is 9.80 Å². The van der Waals surface area contributed by atoms with Gasteiger partial charge in [0.2, 0.25) is 0 Å². The van der Waals surface area contributed by atoms with Crippen molar-refractivity contribution in [1.29, 1.82) is 0 Å². The van der Waals surface area contributed by atoms with E-state index in [0.29, 0.717) is 6.04 Å². The fraction of sp³-hybridized carbons (Fsp3) is 1.00. The van der Waals surface area contributed by atoms with E-state index < -0.39 is 0 Å². The van der Waals surface area contributed by atoms with Crippen LogP contribution in [0.2, 0.25) is 0 Å². The van der Waals surface area contributed by atoms with Crippen LogP contribution in [-0.2, 0) is 0 Å². The third kappa shape index (κ3) is 4.23. The van der Waals surface area contributed by atoms with Crippen molar-refractivity contribution < 1.29 is 0 Å². The Balaban J connectivity index is 2.59. The second-order valence-electron chi connectivity index (χ2n) is 5.87. The summed E-state index contributed by atoms with van der Waals surface area (Å²) in [6, 6.07) is 1.31. The van der Waals surface area contributed by atoms with Crippen LogP contribution >= 0.6 is 0 Å². The van der Waals surface area contributed by atoms with Gasteiger partial charge in [-0.15, -0.1) is 0 Å². The van der Waals surface area contributed by atoms with Crippen LogP contribution in [0.4, 0.5) is 0 Å². The normalized spacial score (nSPS) is 25.4. The van der Waals surface area contributed by atoms with Crippen molar-refractivity contribution in [2.45, 2.75) is 51.6 Å². The van der Waals surface area contributed by atoms with Gasteiger partial charge in [-0.2, -0.15) is 0 Å². The minimum atomic E-state index is 0.586. The Kier molecular flexibility index (Phi) is 6.45. The first-order chi connectivity index (χ1) is 8.10. The standard InChI is InChI=1S/C14H31N3/c1-5-7-12(2)14(10-15)17-9-6-8-13(17)11-16(3)4/h12-14H,5-11,15H2,1-4H3. The second-order valence-corrected chi connectivity index (χ2v) is 5.87. The van der Waals surface area contributed by atoms with Crippen molar-refractivity contribution in [3.8, 4) is 0 Å². The molecule has 1 fully saturated rings. The summed E-state index contributed by atoms with van der Waals surface area (Å²) in [6.45, 7) is 7.87. The molecule has 0 bridgehead atoms. The minimum absolute atomic E-state index is 0.586. The Labute approximate surface area is 107 Å². The highest BCUT2D eigenvalue weighted by Crippen LogP contribution is 2.25. The topological polar surface area (TPSA) is 32.5 Å². The molecule has 1 saturated heterocycles. The van der Waals surface area contributed by atoms with Gasteiger partial charge in [0, 0.05) is 25.2 Å². The first kappa shape index (κ1) is 14.9. The third-order valence-electron chi connectivity index (χ3n) is 4.07. The molecule has 0 amide bonds. The van der Waals surface area contributed by atoms with Gasteiger partial charge in [-0.3, -0.25) is 4.90 Å². The largest absolute Gasteiger partial charge is 0.329 e.